The Morgan fingerprint density at radius 1 is 1.28 bits per heavy atom. The van der Waals surface area contributed by atoms with Gasteiger partial charge in [-0.1, -0.05) is 30.3 Å². The summed E-state index contributed by atoms with van der Waals surface area (Å²) < 4.78 is 5.67. The second-order valence-electron chi connectivity index (χ2n) is 3.52. The van der Waals surface area contributed by atoms with Crippen molar-refractivity contribution in [3.8, 4) is 0 Å². The van der Waals surface area contributed by atoms with Crippen LogP contribution in [-0.2, 0) is 11.3 Å². The molecule has 6 heteroatoms. The van der Waals surface area contributed by atoms with Crippen molar-refractivity contribution in [1.82, 2.24) is 9.78 Å². The van der Waals surface area contributed by atoms with Crippen LogP contribution in [0.4, 0.5) is 4.79 Å². The highest BCUT2D eigenvalue weighted by Crippen LogP contribution is 2.05. The maximum atomic E-state index is 11.6. The lowest BCUT2D eigenvalue weighted by Crippen LogP contribution is -2.08. The number of esters is 1. The molecular weight excluding hydrogens is 236 g/mol. The van der Waals surface area contributed by atoms with Crippen molar-refractivity contribution in [2.75, 3.05) is 0 Å². The Labute approximate surface area is 102 Å². The molecule has 1 aromatic heterocycles. The highest BCUT2D eigenvalue weighted by Gasteiger charge is 2.12. The molecule has 1 aromatic carbocycles. The van der Waals surface area contributed by atoms with Crippen LogP contribution in [0.15, 0.2) is 42.7 Å². The molecule has 2 rings (SSSR count). The molecule has 0 bridgehead atoms. The van der Waals surface area contributed by atoms with E-state index in [4.69, 9.17) is 9.84 Å². The van der Waals surface area contributed by atoms with Crippen molar-refractivity contribution in [3.63, 3.8) is 0 Å². The smallest absolute Gasteiger partial charge is 0.432 e. The number of carboxylic acid groups (broad SMARTS) is 1. The highest BCUT2D eigenvalue weighted by molar-refractivity contribution is 5.89. The Morgan fingerprint density at radius 3 is 2.61 bits per heavy atom. The Balaban J connectivity index is 1.97. The van der Waals surface area contributed by atoms with Gasteiger partial charge in [0.1, 0.15) is 6.61 Å². The Kier molecular flexibility index (Phi) is 3.38. The molecule has 0 saturated heterocycles. The maximum absolute atomic E-state index is 11.6. The number of carbonyl (C=O) groups is 2. The Hall–Kier alpha value is -2.63. The minimum Gasteiger partial charge on any atom is -0.463 e. The van der Waals surface area contributed by atoms with Gasteiger partial charge >= 0.3 is 12.1 Å². The van der Waals surface area contributed by atoms with Gasteiger partial charge in [0.05, 0.1) is 18.0 Å². The number of aromatic nitrogens is 2. The van der Waals surface area contributed by atoms with E-state index in [1.807, 2.05) is 30.3 Å². The minimum absolute atomic E-state index is 0.105. The van der Waals surface area contributed by atoms with Crippen LogP contribution >= 0.6 is 0 Å². The molecule has 0 aliphatic rings. The van der Waals surface area contributed by atoms with Crippen molar-refractivity contribution < 1.29 is 19.4 Å². The summed E-state index contributed by atoms with van der Waals surface area (Å²) in [5, 5.41) is 12.1. The number of benzene rings is 1. The molecule has 1 N–H and O–H groups in total. The Morgan fingerprint density at radius 2 is 2.00 bits per heavy atom. The van der Waals surface area contributed by atoms with Crippen LogP contribution < -0.4 is 0 Å². The second kappa shape index (κ2) is 5.13. The number of ether oxygens (including phenoxy) is 1. The first kappa shape index (κ1) is 11.8. The quantitative estimate of drug-likeness (QED) is 0.834. The van der Waals surface area contributed by atoms with Gasteiger partial charge in [0.2, 0.25) is 0 Å². The van der Waals surface area contributed by atoms with Crippen LogP contribution in [0.25, 0.3) is 0 Å². The third-order valence-corrected chi connectivity index (χ3v) is 2.23. The van der Waals surface area contributed by atoms with E-state index in [9.17, 15) is 9.59 Å². The molecule has 0 fully saturated rings. The zero-order valence-electron chi connectivity index (χ0n) is 9.31. The molecule has 2 aromatic rings. The van der Waals surface area contributed by atoms with E-state index in [2.05, 4.69) is 5.10 Å². The van der Waals surface area contributed by atoms with E-state index < -0.39 is 12.1 Å². The van der Waals surface area contributed by atoms with Crippen LogP contribution in [0.3, 0.4) is 0 Å². The van der Waals surface area contributed by atoms with Crippen LogP contribution in [0.5, 0.6) is 0 Å². The van der Waals surface area contributed by atoms with Crippen molar-refractivity contribution in [2.24, 2.45) is 0 Å². The second-order valence-corrected chi connectivity index (χ2v) is 3.52. The summed E-state index contributed by atoms with van der Waals surface area (Å²) in [5.74, 6) is -0.605. The van der Waals surface area contributed by atoms with Crippen LogP contribution in [-0.4, -0.2) is 26.9 Å². The molecule has 0 atom stereocenters. The molecule has 0 spiro atoms. The predicted octanol–water partition coefficient (Wildman–Crippen LogP) is 1.77. The molecule has 0 amide bonds. The normalized spacial score (nSPS) is 10.0. The number of hydrogen-bond donors (Lipinski definition) is 1. The molecule has 1 heterocycles. The molecule has 0 unspecified atom stereocenters. The van der Waals surface area contributed by atoms with Gasteiger partial charge in [-0.3, -0.25) is 0 Å². The lowest BCUT2D eigenvalue weighted by Gasteiger charge is -2.02. The summed E-state index contributed by atoms with van der Waals surface area (Å²) in [5.41, 5.74) is 0.963. The van der Waals surface area contributed by atoms with Crippen molar-refractivity contribution in [1.29, 1.82) is 0 Å². The summed E-state index contributed by atoms with van der Waals surface area (Å²) >= 11 is 0. The summed E-state index contributed by atoms with van der Waals surface area (Å²) in [6.07, 6.45) is 1.01. The lowest BCUT2D eigenvalue weighted by atomic mass is 10.2. The third-order valence-electron chi connectivity index (χ3n) is 2.23. The van der Waals surface area contributed by atoms with E-state index in [0.717, 1.165) is 18.0 Å². The minimum atomic E-state index is -1.25. The number of hydrogen-bond acceptors (Lipinski definition) is 4. The zero-order valence-corrected chi connectivity index (χ0v) is 9.31. The van der Waals surface area contributed by atoms with Gasteiger partial charge in [-0.25, -0.2) is 9.59 Å². The number of carbonyl (C=O) groups excluding carboxylic acids is 1. The van der Waals surface area contributed by atoms with Crippen LogP contribution in [0.1, 0.15) is 15.9 Å². The first-order valence-corrected chi connectivity index (χ1v) is 5.16. The fourth-order valence-corrected chi connectivity index (χ4v) is 1.34. The molecule has 92 valence electrons. The van der Waals surface area contributed by atoms with Crippen molar-refractivity contribution in [2.45, 2.75) is 6.61 Å². The van der Waals surface area contributed by atoms with Crippen LogP contribution in [0.2, 0.25) is 0 Å². The van der Waals surface area contributed by atoms with Crippen molar-refractivity contribution in [3.05, 3.63) is 53.9 Å². The predicted molar refractivity (Wildman–Crippen MR) is 61.2 cm³/mol. The van der Waals surface area contributed by atoms with Gasteiger partial charge in [-0.2, -0.15) is 9.78 Å². The number of rotatable bonds is 3. The van der Waals surface area contributed by atoms with Gasteiger partial charge in [0.15, 0.2) is 0 Å². The van der Waals surface area contributed by atoms with E-state index in [0.29, 0.717) is 4.68 Å². The summed E-state index contributed by atoms with van der Waals surface area (Å²) in [6.45, 7) is 0.137. The standard InChI is InChI=1S/C12H10N2O4/c15-11(10-6-13-14(7-10)12(16)17)18-8-9-4-2-1-3-5-9/h1-7H,8H2,(H,16,17). The average molecular weight is 246 g/mol. The van der Waals surface area contributed by atoms with E-state index in [1.54, 1.807) is 0 Å². The first-order valence-electron chi connectivity index (χ1n) is 5.16. The molecule has 0 saturated carbocycles. The average Bonchev–Trinajstić information content (AvgIpc) is 2.87. The van der Waals surface area contributed by atoms with Crippen LogP contribution in [0, 0.1) is 0 Å². The van der Waals surface area contributed by atoms with Gasteiger partial charge in [0, 0.05) is 0 Å². The fourth-order valence-electron chi connectivity index (χ4n) is 1.34. The highest BCUT2D eigenvalue weighted by atomic mass is 16.5. The summed E-state index contributed by atoms with van der Waals surface area (Å²) in [6, 6.07) is 9.20. The van der Waals surface area contributed by atoms with Crippen molar-refractivity contribution >= 4 is 12.1 Å². The molecule has 0 radical (unpaired) electrons. The summed E-state index contributed by atoms with van der Waals surface area (Å²) in [7, 11) is 0. The third kappa shape index (κ3) is 2.73. The Bertz CT molecular complexity index is 562. The molecule has 18 heavy (non-hydrogen) atoms. The summed E-state index contributed by atoms with van der Waals surface area (Å²) in [4.78, 5) is 22.1. The maximum Gasteiger partial charge on any atom is 0.432 e. The monoisotopic (exact) mass is 246 g/mol. The topological polar surface area (TPSA) is 81.4 Å². The fraction of sp³-hybridized carbons (Fsp3) is 0.0833. The first-order chi connectivity index (χ1) is 8.66. The van der Waals surface area contributed by atoms with Gasteiger partial charge in [-0.15, -0.1) is 0 Å². The van der Waals surface area contributed by atoms with E-state index in [1.165, 1.54) is 0 Å². The van der Waals surface area contributed by atoms with E-state index in [-0.39, 0.29) is 12.2 Å². The van der Waals surface area contributed by atoms with E-state index >= 15 is 0 Å². The van der Waals surface area contributed by atoms with Gasteiger partial charge < -0.3 is 9.84 Å². The molecule has 6 nitrogen and oxygen atoms in total. The van der Waals surface area contributed by atoms with Gasteiger partial charge in [0.25, 0.3) is 0 Å². The molecule has 0 aliphatic carbocycles. The zero-order chi connectivity index (χ0) is 13.0. The SMILES string of the molecule is O=C(OCc1ccccc1)c1cnn(C(=O)O)c1. The molecular formula is C12H10N2O4. The molecule has 0 aliphatic heterocycles. The lowest BCUT2D eigenvalue weighted by molar-refractivity contribution is 0.0473. The largest absolute Gasteiger partial charge is 0.463 e. The number of nitrogens with zero attached hydrogens (tertiary/aromatic N) is 2. The van der Waals surface area contributed by atoms with Gasteiger partial charge in [-0.05, 0) is 5.56 Å².